The summed E-state index contributed by atoms with van der Waals surface area (Å²) in [4.78, 5) is 0. The summed E-state index contributed by atoms with van der Waals surface area (Å²) >= 11 is 0. The molecule has 0 aromatic heterocycles. The van der Waals surface area contributed by atoms with Gasteiger partial charge in [-0.05, 0) is 131 Å². The van der Waals surface area contributed by atoms with Crippen LogP contribution in [0.1, 0.15) is 94.6 Å². The molecule has 1 aromatic rings. The molecule has 1 aliphatic heterocycles. The molecule has 0 amide bonds. The Balaban J connectivity index is 1.17. The van der Waals surface area contributed by atoms with Crippen molar-refractivity contribution in [3.8, 4) is 0 Å². The third-order valence-electron chi connectivity index (χ3n) is 8.77. The summed E-state index contributed by atoms with van der Waals surface area (Å²) in [5.74, 6) is 3.87. The lowest BCUT2D eigenvalue weighted by Crippen LogP contribution is -2.37. The van der Waals surface area contributed by atoms with Crippen molar-refractivity contribution in [2.24, 2.45) is 23.7 Å². The number of benzene rings is 1. The standard InChI is InChI=1S/C30H42F2O/c1-2-4-22-7-13-26(14-8-22)28-19-20-29(33-21-28)27-17-15-25(16-18-27)24-11-9-23(10-12-24)5-3-6-30(31)32/h2,4,6,9-12,22,25-29H,3,5,7-8,13-21H2,1H3/b4-2+. The average molecular weight is 457 g/mol. The van der Waals surface area contributed by atoms with Gasteiger partial charge in [0.2, 0.25) is 0 Å². The highest BCUT2D eigenvalue weighted by atomic mass is 19.3. The molecule has 33 heavy (non-hydrogen) atoms. The highest BCUT2D eigenvalue weighted by Crippen LogP contribution is 2.43. The monoisotopic (exact) mass is 456 g/mol. The normalized spacial score (nSPS) is 33.2. The van der Waals surface area contributed by atoms with Crippen LogP contribution in [-0.2, 0) is 11.2 Å². The van der Waals surface area contributed by atoms with Gasteiger partial charge in [-0.2, -0.15) is 8.78 Å². The van der Waals surface area contributed by atoms with Gasteiger partial charge in [0.1, 0.15) is 0 Å². The van der Waals surface area contributed by atoms with Gasteiger partial charge in [0, 0.05) is 0 Å². The van der Waals surface area contributed by atoms with Crippen LogP contribution in [-0.4, -0.2) is 12.7 Å². The van der Waals surface area contributed by atoms with E-state index in [0.29, 0.717) is 24.9 Å². The number of ether oxygens (including phenoxy) is 1. The predicted molar refractivity (Wildman–Crippen MR) is 132 cm³/mol. The Kier molecular flexibility index (Phi) is 9.18. The zero-order valence-corrected chi connectivity index (χ0v) is 20.4. The molecule has 1 nitrogen and oxygen atoms in total. The van der Waals surface area contributed by atoms with E-state index in [1.807, 2.05) is 0 Å². The maximum atomic E-state index is 12.2. The average Bonchev–Trinajstić information content (AvgIpc) is 2.85. The summed E-state index contributed by atoms with van der Waals surface area (Å²) in [7, 11) is 0. The molecule has 1 saturated heterocycles. The van der Waals surface area contributed by atoms with Crippen LogP contribution in [0.2, 0.25) is 0 Å². The molecule has 2 saturated carbocycles. The third-order valence-corrected chi connectivity index (χ3v) is 8.77. The molecule has 182 valence electrons. The second kappa shape index (κ2) is 12.3. The lowest BCUT2D eigenvalue weighted by atomic mass is 9.71. The van der Waals surface area contributed by atoms with Gasteiger partial charge in [-0.15, -0.1) is 0 Å². The van der Waals surface area contributed by atoms with Crippen molar-refractivity contribution in [2.45, 2.75) is 96.0 Å². The molecule has 0 N–H and O–H groups in total. The van der Waals surface area contributed by atoms with Crippen molar-refractivity contribution in [1.29, 1.82) is 0 Å². The molecule has 4 rings (SSSR count). The van der Waals surface area contributed by atoms with Crippen LogP contribution in [0.25, 0.3) is 0 Å². The molecule has 2 atom stereocenters. The molecule has 3 heteroatoms. The third kappa shape index (κ3) is 7.01. The first-order valence-corrected chi connectivity index (χ1v) is 13.5. The SMILES string of the molecule is C/C=C/C1CCC(C2CCC(C3CCC(c4ccc(CCC=C(F)F)cc4)CC3)OC2)CC1. The van der Waals surface area contributed by atoms with Gasteiger partial charge < -0.3 is 4.74 Å². The summed E-state index contributed by atoms with van der Waals surface area (Å²) in [6.07, 6.45) is 18.8. The number of rotatable bonds is 7. The maximum absolute atomic E-state index is 12.2. The number of aryl methyl sites for hydroxylation is 1. The van der Waals surface area contributed by atoms with E-state index in [4.69, 9.17) is 4.74 Å². The number of hydrogen-bond acceptors (Lipinski definition) is 1. The maximum Gasteiger partial charge on any atom is 0.266 e. The minimum absolute atomic E-state index is 0.409. The fourth-order valence-corrected chi connectivity index (χ4v) is 6.75. The second-order valence-corrected chi connectivity index (χ2v) is 10.8. The highest BCUT2D eigenvalue weighted by Gasteiger charge is 2.35. The molecule has 0 radical (unpaired) electrons. The lowest BCUT2D eigenvalue weighted by molar-refractivity contribution is -0.0718. The Labute approximate surface area is 199 Å². The van der Waals surface area contributed by atoms with Gasteiger partial charge in [0.05, 0.1) is 12.7 Å². The van der Waals surface area contributed by atoms with Crippen molar-refractivity contribution in [1.82, 2.24) is 0 Å². The molecule has 1 heterocycles. The van der Waals surface area contributed by atoms with Crippen LogP contribution in [0.4, 0.5) is 8.78 Å². The van der Waals surface area contributed by atoms with Crippen LogP contribution in [0.15, 0.2) is 48.6 Å². The first-order chi connectivity index (χ1) is 16.1. The first kappa shape index (κ1) is 24.6. The van der Waals surface area contributed by atoms with Gasteiger partial charge in [-0.25, -0.2) is 0 Å². The topological polar surface area (TPSA) is 9.23 Å². The van der Waals surface area contributed by atoms with E-state index < -0.39 is 6.08 Å². The largest absolute Gasteiger partial charge is 0.378 e. The van der Waals surface area contributed by atoms with E-state index >= 15 is 0 Å². The van der Waals surface area contributed by atoms with Crippen molar-refractivity contribution >= 4 is 0 Å². The van der Waals surface area contributed by atoms with Crippen molar-refractivity contribution in [2.75, 3.05) is 6.61 Å². The quantitative estimate of drug-likeness (QED) is 0.372. The summed E-state index contributed by atoms with van der Waals surface area (Å²) < 4.78 is 30.9. The zero-order valence-electron chi connectivity index (χ0n) is 20.4. The number of halogens is 2. The highest BCUT2D eigenvalue weighted by molar-refractivity contribution is 5.26. The van der Waals surface area contributed by atoms with E-state index in [1.165, 1.54) is 69.8 Å². The Morgan fingerprint density at radius 2 is 1.52 bits per heavy atom. The number of allylic oxidation sites excluding steroid dienone is 3. The van der Waals surface area contributed by atoms with E-state index in [1.54, 1.807) is 0 Å². The zero-order chi connectivity index (χ0) is 23.0. The minimum Gasteiger partial charge on any atom is -0.378 e. The lowest BCUT2D eigenvalue weighted by Gasteiger charge is -2.41. The van der Waals surface area contributed by atoms with E-state index in [0.717, 1.165) is 41.9 Å². The van der Waals surface area contributed by atoms with Gasteiger partial charge in [-0.3, -0.25) is 0 Å². The van der Waals surface area contributed by atoms with E-state index in [2.05, 4.69) is 43.3 Å². The van der Waals surface area contributed by atoms with Crippen molar-refractivity contribution in [3.63, 3.8) is 0 Å². The summed E-state index contributed by atoms with van der Waals surface area (Å²) in [5.41, 5.74) is 2.56. The van der Waals surface area contributed by atoms with Gasteiger partial charge in [-0.1, -0.05) is 36.4 Å². The van der Waals surface area contributed by atoms with E-state index in [9.17, 15) is 8.78 Å². The van der Waals surface area contributed by atoms with Crippen LogP contribution in [0.5, 0.6) is 0 Å². The molecular formula is C30H42F2O. The molecule has 0 spiro atoms. The summed E-state index contributed by atoms with van der Waals surface area (Å²) in [5, 5.41) is 0. The Bertz CT molecular complexity index is 755. The fraction of sp³-hybridized carbons (Fsp3) is 0.667. The number of hydrogen-bond donors (Lipinski definition) is 0. The van der Waals surface area contributed by atoms with Crippen LogP contribution in [0, 0.1) is 23.7 Å². The van der Waals surface area contributed by atoms with Crippen LogP contribution >= 0.6 is 0 Å². The molecule has 3 fully saturated rings. The molecule has 0 bridgehead atoms. The first-order valence-electron chi connectivity index (χ1n) is 13.5. The second-order valence-electron chi connectivity index (χ2n) is 10.8. The van der Waals surface area contributed by atoms with Gasteiger partial charge >= 0.3 is 0 Å². The van der Waals surface area contributed by atoms with Crippen LogP contribution in [0.3, 0.4) is 0 Å². The Hall–Kier alpha value is -1.48. The fourth-order valence-electron chi connectivity index (χ4n) is 6.75. The smallest absolute Gasteiger partial charge is 0.266 e. The van der Waals surface area contributed by atoms with Gasteiger partial charge in [0.25, 0.3) is 6.08 Å². The molecule has 3 aliphatic rings. The summed E-state index contributed by atoms with van der Waals surface area (Å²) in [6, 6.07) is 8.70. The Morgan fingerprint density at radius 1 is 0.848 bits per heavy atom. The van der Waals surface area contributed by atoms with Crippen LogP contribution < -0.4 is 0 Å². The van der Waals surface area contributed by atoms with Gasteiger partial charge in [0.15, 0.2) is 0 Å². The molecule has 2 unspecified atom stereocenters. The van der Waals surface area contributed by atoms with E-state index in [-0.39, 0.29) is 0 Å². The molecule has 1 aromatic carbocycles. The van der Waals surface area contributed by atoms with Crippen molar-refractivity contribution in [3.05, 3.63) is 59.7 Å². The molecular weight excluding hydrogens is 414 g/mol. The summed E-state index contributed by atoms with van der Waals surface area (Å²) in [6.45, 7) is 3.14. The van der Waals surface area contributed by atoms with Crippen molar-refractivity contribution < 1.29 is 13.5 Å². The molecule has 2 aliphatic carbocycles. The minimum atomic E-state index is -1.58. The predicted octanol–water partition coefficient (Wildman–Crippen LogP) is 8.85. The Morgan fingerprint density at radius 3 is 2.12 bits per heavy atom.